The van der Waals surface area contributed by atoms with Crippen LogP contribution in [0.2, 0.25) is 0 Å². The van der Waals surface area contributed by atoms with Crippen molar-refractivity contribution in [1.29, 1.82) is 0 Å². The molecule has 0 aliphatic heterocycles. The fraction of sp³-hybridized carbons (Fsp3) is 0.211. The van der Waals surface area contributed by atoms with Crippen molar-refractivity contribution in [3.05, 3.63) is 59.3 Å². The topological polar surface area (TPSA) is 64.1 Å². The predicted molar refractivity (Wildman–Crippen MR) is 94.7 cm³/mol. The second-order valence-electron chi connectivity index (χ2n) is 5.55. The van der Waals surface area contributed by atoms with Crippen molar-refractivity contribution in [3.63, 3.8) is 0 Å². The summed E-state index contributed by atoms with van der Waals surface area (Å²) >= 11 is 0. The SMILES string of the molecule is CCOC(=O)c1nc2ccccc2nc1Nc1ccc(C)c(C)c1. The van der Waals surface area contributed by atoms with E-state index in [0.717, 1.165) is 16.8 Å². The Morgan fingerprint density at radius 2 is 1.75 bits per heavy atom. The Labute approximate surface area is 140 Å². The lowest BCUT2D eigenvalue weighted by Gasteiger charge is -2.12. The summed E-state index contributed by atoms with van der Waals surface area (Å²) in [7, 11) is 0. The molecule has 0 saturated carbocycles. The van der Waals surface area contributed by atoms with Crippen LogP contribution >= 0.6 is 0 Å². The van der Waals surface area contributed by atoms with Crippen LogP contribution in [0.15, 0.2) is 42.5 Å². The van der Waals surface area contributed by atoms with Crippen LogP contribution in [0.25, 0.3) is 11.0 Å². The predicted octanol–water partition coefficient (Wildman–Crippen LogP) is 4.17. The fourth-order valence-electron chi connectivity index (χ4n) is 2.38. The number of hydrogen-bond acceptors (Lipinski definition) is 5. The molecule has 5 nitrogen and oxygen atoms in total. The number of carbonyl (C=O) groups excluding carboxylic acids is 1. The first kappa shape index (κ1) is 15.9. The van der Waals surface area contributed by atoms with Gasteiger partial charge in [-0.2, -0.15) is 0 Å². The first-order valence-corrected chi connectivity index (χ1v) is 7.86. The second kappa shape index (κ2) is 6.66. The molecule has 1 heterocycles. The molecule has 0 saturated heterocycles. The van der Waals surface area contributed by atoms with E-state index in [9.17, 15) is 4.79 Å². The third kappa shape index (κ3) is 3.20. The van der Waals surface area contributed by atoms with E-state index in [2.05, 4.69) is 22.2 Å². The van der Waals surface area contributed by atoms with Crippen molar-refractivity contribution >= 4 is 28.5 Å². The molecule has 0 bridgehead atoms. The summed E-state index contributed by atoms with van der Waals surface area (Å²) in [5.41, 5.74) is 4.78. The highest BCUT2D eigenvalue weighted by molar-refractivity contribution is 5.96. The fourth-order valence-corrected chi connectivity index (χ4v) is 2.38. The molecule has 0 fully saturated rings. The average Bonchev–Trinajstić information content (AvgIpc) is 2.58. The highest BCUT2D eigenvalue weighted by Gasteiger charge is 2.18. The van der Waals surface area contributed by atoms with Gasteiger partial charge in [0.25, 0.3) is 0 Å². The van der Waals surface area contributed by atoms with Crippen molar-refractivity contribution in [3.8, 4) is 0 Å². The molecular formula is C19H19N3O2. The molecule has 3 aromatic rings. The molecule has 1 aromatic heterocycles. The quantitative estimate of drug-likeness (QED) is 0.731. The number of esters is 1. The van der Waals surface area contributed by atoms with E-state index >= 15 is 0 Å². The largest absolute Gasteiger partial charge is 0.461 e. The van der Waals surface area contributed by atoms with Crippen LogP contribution in [0.3, 0.4) is 0 Å². The maximum absolute atomic E-state index is 12.3. The lowest BCUT2D eigenvalue weighted by molar-refractivity contribution is 0.0521. The summed E-state index contributed by atoms with van der Waals surface area (Å²) in [6, 6.07) is 13.4. The zero-order valence-corrected chi connectivity index (χ0v) is 14.0. The van der Waals surface area contributed by atoms with Gasteiger partial charge in [0, 0.05) is 5.69 Å². The molecular weight excluding hydrogens is 302 g/mol. The molecule has 24 heavy (non-hydrogen) atoms. The highest BCUT2D eigenvalue weighted by Crippen LogP contribution is 2.23. The molecule has 0 radical (unpaired) electrons. The van der Waals surface area contributed by atoms with Crippen molar-refractivity contribution in [2.75, 3.05) is 11.9 Å². The Kier molecular flexibility index (Phi) is 4.42. The number of benzene rings is 2. The van der Waals surface area contributed by atoms with E-state index in [1.54, 1.807) is 6.92 Å². The van der Waals surface area contributed by atoms with Crippen LogP contribution in [0.4, 0.5) is 11.5 Å². The van der Waals surface area contributed by atoms with Crippen molar-refractivity contribution in [1.82, 2.24) is 9.97 Å². The number of carbonyl (C=O) groups is 1. The monoisotopic (exact) mass is 321 g/mol. The van der Waals surface area contributed by atoms with E-state index in [1.807, 2.05) is 49.4 Å². The Balaban J connectivity index is 2.07. The summed E-state index contributed by atoms with van der Waals surface area (Å²) in [5.74, 6) is -0.0857. The Morgan fingerprint density at radius 3 is 2.42 bits per heavy atom. The second-order valence-corrected chi connectivity index (χ2v) is 5.55. The van der Waals surface area contributed by atoms with Gasteiger partial charge in [0.05, 0.1) is 17.6 Å². The lowest BCUT2D eigenvalue weighted by atomic mass is 10.1. The number of ether oxygens (including phenoxy) is 1. The minimum atomic E-state index is -0.484. The van der Waals surface area contributed by atoms with E-state index in [0.29, 0.717) is 11.3 Å². The lowest BCUT2D eigenvalue weighted by Crippen LogP contribution is -2.12. The van der Waals surface area contributed by atoms with Crippen LogP contribution in [-0.4, -0.2) is 22.5 Å². The molecule has 2 aromatic carbocycles. The van der Waals surface area contributed by atoms with Gasteiger partial charge in [-0.05, 0) is 56.2 Å². The number of anilines is 2. The van der Waals surface area contributed by atoms with Gasteiger partial charge in [0.15, 0.2) is 11.5 Å². The van der Waals surface area contributed by atoms with Gasteiger partial charge < -0.3 is 10.1 Å². The van der Waals surface area contributed by atoms with Gasteiger partial charge in [-0.25, -0.2) is 14.8 Å². The van der Waals surface area contributed by atoms with Crippen LogP contribution < -0.4 is 5.32 Å². The van der Waals surface area contributed by atoms with Gasteiger partial charge in [0.1, 0.15) is 0 Å². The average molecular weight is 321 g/mol. The summed E-state index contributed by atoms with van der Waals surface area (Å²) in [6.45, 7) is 6.15. The first-order valence-electron chi connectivity index (χ1n) is 7.86. The minimum Gasteiger partial charge on any atom is -0.461 e. The highest BCUT2D eigenvalue weighted by atomic mass is 16.5. The van der Waals surface area contributed by atoms with E-state index in [4.69, 9.17) is 4.74 Å². The maximum atomic E-state index is 12.3. The normalized spacial score (nSPS) is 10.6. The Bertz CT molecular complexity index is 906. The summed E-state index contributed by atoms with van der Waals surface area (Å²) in [6.07, 6.45) is 0. The molecule has 0 aliphatic carbocycles. The minimum absolute atomic E-state index is 0.189. The number of rotatable bonds is 4. The van der Waals surface area contributed by atoms with Crippen molar-refractivity contribution < 1.29 is 9.53 Å². The molecule has 0 atom stereocenters. The zero-order chi connectivity index (χ0) is 17.1. The number of hydrogen-bond donors (Lipinski definition) is 1. The first-order chi connectivity index (χ1) is 11.6. The van der Waals surface area contributed by atoms with E-state index in [-0.39, 0.29) is 12.3 Å². The molecule has 0 spiro atoms. The van der Waals surface area contributed by atoms with Gasteiger partial charge in [0.2, 0.25) is 0 Å². The molecule has 0 amide bonds. The van der Waals surface area contributed by atoms with Crippen LogP contribution in [0.1, 0.15) is 28.5 Å². The third-order valence-corrected chi connectivity index (χ3v) is 3.81. The maximum Gasteiger partial charge on any atom is 0.360 e. The number of aryl methyl sites for hydroxylation is 2. The van der Waals surface area contributed by atoms with Crippen molar-refractivity contribution in [2.45, 2.75) is 20.8 Å². The van der Waals surface area contributed by atoms with Crippen molar-refractivity contribution in [2.24, 2.45) is 0 Å². The standard InChI is InChI=1S/C19H19N3O2/c1-4-24-19(23)17-18(20-14-10-9-12(2)13(3)11-14)22-16-8-6-5-7-15(16)21-17/h5-11H,4H2,1-3H3,(H,20,22). The van der Waals surface area contributed by atoms with Gasteiger partial charge in [-0.15, -0.1) is 0 Å². The number of para-hydroxylation sites is 2. The summed E-state index contributed by atoms with van der Waals surface area (Å²) < 4.78 is 5.12. The molecule has 1 N–H and O–H groups in total. The van der Waals surface area contributed by atoms with Gasteiger partial charge in [-0.3, -0.25) is 0 Å². The zero-order valence-electron chi connectivity index (χ0n) is 14.0. The third-order valence-electron chi connectivity index (χ3n) is 3.81. The summed E-state index contributed by atoms with van der Waals surface area (Å²) in [5, 5.41) is 3.20. The molecule has 0 unspecified atom stereocenters. The van der Waals surface area contributed by atoms with Crippen LogP contribution in [0, 0.1) is 13.8 Å². The van der Waals surface area contributed by atoms with E-state index < -0.39 is 5.97 Å². The Hall–Kier alpha value is -2.95. The number of fused-ring (bicyclic) bond motifs is 1. The molecule has 3 rings (SSSR count). The number of aromatic nitrogens is 2. The van der Waals surface area contributed by atoms with Gasteiger partial charge in [-0.1, -0.05) is 18.2 Å². The molecule has 5 heteroatoms. The molecule has 122 valence electrons. The van der Waals surface area contributed by atoms with Crippen LogP contribution in [-0.2, 0) is 4.74 Å². The number of nitrogens with zero attached hydrogens (tertiary/aromatic N) is 2. The van der Waals surface area contributed by atoms with Gasteiger partial charge >= 0.3 is 5.97 Å². The number of nitrogens with one attached hydrogen (secondary N) is 1. The Morgan fingerprint density at radius 1 is 1.04 bits per heavy atom. The summed E-state index contributed by atoms with van der Waals surface area (Å²) in [4.78, 5) is 21.2. The van der Waals surface area contributed by atoms with Crippen LogP contribution in [0.5, 0.6) is 0 Å². The smallest absolute Gasteiger partial charge is 0.360 e. The van der Waals surface area contributed by atoms with E-state index in [1.165, 1.54) is 5.56 Å². The molecule has 0 aliphatic rings.